The number of pyridine rings is 3. The fraction of sp³-hybridized carbons (Fsp3) is 0.393. The molecule has 0 aliphatic carbocycles. The van der Waals surface area contributed by atoms with E-state index >= 15 is 0 Å². The van der Waals surface area contributed by atoms with Gasteiger partial charge in [-0.3, -0.25) is 25.0 Å². The van der Waals surface area contributed by atoms with E-state index in [1.807, 2.05) is 31.0 Å². The van der Waals surface area contributed by atoms with Gasteiger partial charge in [0.05, 0.1) is 41.0 Å². The molecule has 0 spiro atoms. The number of hydrogen-bond donors (Lipinski definition) is 2. The van der Waals surface area contributed by atoms with Gasteiger partial charge in [0, 0.05) is 43.0 Å². The molecular weight excluding hydrogens is 462 g/mol. The van der Waals surface area contributed by atoms with Gasteiger partial charge < -0.3 is 9.88 Å². The third-order valence-electron chi connectivity index (χ3n) is 7.69. The Kier molecular flexibility index (Phi) is 5.77. The number of aromatic amines is 2. The highest BCUT2D eigenvalue weighted by Crippen LogP contribution is 2.32. The van der Waals surface area contributed by atoms with Gasteiger partial charge in [0.25, 0.3) is 0 Å². The summed E-state index contributed by atoms with van der Waals surface area (Å²) < 4.78 is 0. The van der Waals surface area contributed by atoms with Gasteiger partial charge in [0.15, 0.2) is 5.82 Å². The summed E-state index contributed by atoms with van der Waals surface area (Å²) in [7, 11) is 0. The molecule has 0 radical (unpaired) electrons. The fourth-order valence-corrected chi connectivity index (χ4v) is 5.74. The van der Waals surface area contributed by atoms with Crippen molar-refractivity contribution < 1.29 is 0 Å². The van der Waals surface area contributed by atoms with E-state index in [9.17, 15) is 0 Å². The molecule has 2 fully saturated rings. The predicted octanol–water partition coefficient (Wildman–Crippen LogP) is 4.93. The normalized spacial score (nSPS) is 17.1. The van der Waals surface area contributed by atoms with Crippen LogP contribution in [0.15, 0.2) is 43.1 Å². The van der Waals surface area contributed by atoms with E-state index in [1.165, 1.54) is 57.2 Å². The number of H-pyrrole nitrogens is 2. The zero-order valence-electron chi connectivity index (χ0n) is 21.0. The number of fused-ring (bicyclic) bond motifs is 2. The summed E-state index contributed by atoms with van der Waals surface area (Å²) in [6.45, 7) is 5.37. The van der Waals surface area contributed by atoms with Crippen molar-refractivity contribution in [3.8, 4) is 22.8 Å². The van der Waals surface area contributed by atoms with E-state index < -0.39 is 0 Å². The fourth-order valence-electron chi connectivity index (χ4n) is 5.74. The Morgan fingerprint density at radius 1 is 0.784 bits per heavy atom. The van der Waals surface area contributed by atoms with E-state index in [0.717, 1.165) is 70.0 Å². The second kappa shape index (κ2) is 9.55. The third kappa shape index (κ3) is 4.33. The van der Waals surface area contributed by atoms with Gasteiger partial charge in [-0.1, -0.05) is 6.42 Å². The zero-order valence-corrected chi connectivity index (χ0v) is 21.0. The van der Waals surface area contributed by atoms with Crippen LogP contribution < -0.4 is 4.90 Å². The Bertz CT molecular complexity index is 1540. The molecule has 0 saturated carbocycles. The summed E-state index contributed by atoms with van der Waals surface area (Å²) in [5.74, 6) is 0.738. The van der Waals surface area contributed by atoms with Crippen molar-refractivity contribution in [1.29, 1.82) is 0 Å². The van der Waals surface area contributed by atoms with Crippen LogP contribution in [0.2, 0.25) is 0 Å². The SMILES string of the molecule is c1ncc(-c2cc3c(-c4nc5c(N6CCCCC6)cncc5[nH]4)n[nH]c3cn2)cc1CN1CCCCC1. The Balaban J connectivity index is 1.23. The second-order valence-electron chi connectivity index (χ2n) is 10.3. The second-order valence-corrected chi connectivity index (χ2v) is 10.3. The average molecular weight is 494 g/mol. The molecule has 188 valence electrons. The van der Waals surface area contributed by atoms with Crippen LogP contribution in [0.5, 0.6) is 0 Å². The first-order valence-electron chi connectivity index (χ1n) is 13.4. The number of likely N-dealkylation sites (tertiary alicyclic amines) is 1. The largest absolute Gasteiger partial charge is 0.368 e. The first kappa shape index (κ1) is 22.4. The van der Waals surface area contributed by atoms with Crippen LogP contribution in [0.4, 0.5) is 5.69 Å². The number of rotatable bonds is 5. The lowest BCUT2D eigenvalue weighted by molar-refractivity contribution is 0.220. The standard InChI is InChI=1S/C28H31N9/c1-3-7-36(8-4-1)18-19-11-20(14-29-13-19)22-12-21-23(16-31-22)34-35-26(21)28-32-24-15-30-17-25(27(24)33-28)37-9-5-2-6-10-37/h11-17H,1-10,18H2,(H,32,33)(H,34,35). The summed E-state index contributed by atoms with van der Waals surface area (Å²) in [4.78, 5) is 27.1. The van der Waals surface area contributed by atoms with E-state index in [4.69, 9.17) is 9.97 Å². The molecule has 2 saturated heterocycles. The number of anilines is 1. The Hall–Kier alpha value is -3.85. The topological polar surface area (TPSA) is 103 Å². The molecule has 7 heterocycles. The minimum absolute atomic E-state index is 0.738. The molecule has 0 aromatic carbocycles. The van der Waals surface area contributed by atoms with Gasteiger partial charge in [0.2, 0.25) is 0 Å². The number of aromatic nitrogens is 7. The van der Waals surface area contributed by atoms with E-state index in [0.29, 0.717) is 0 Å². The maximum atomic E-state index is 5.00. The minimum atomic E-state index is 0.738. The molecule has 5 aromatic rings. The number of nitrogens with zero attached hydrogens (tertiary/aromatic N) is 7. The quantitative estimate of drug-likeness (QED) is 0.358. The van der Waals surface area contributed by atoms with Gasteiger partial charge in [-0.25, -0.2) is 4.98 Å². The van der Waals surface area contributed by atoms with Crippen LogP contribution in [-0.2, 0) is 6.54 Å². The highest BCUT2D eigenvalue weighted by molar-refractivity contribution is 5.96. The molecular formula is C28H31N9. The van der Waals surface area contributed by atoms with Crippen LogP contribution >= 0.6 is 0 Å². The van der Waals surface area contributed by atoms with Crippen LogP contribution in [0, 0.1) is 0 Å². The molecule has 2 N–H and O–H groups in total. The molecule has 0 bridgehead atoms. The van der Waals surface area contributed by atoms with Gasteiger partial charge >= 0.3 is 0 Å². The molecule has 2 aliphatic heterocycles. The van der Waals surface area contributed by atoms with Crippen molar-refractivity contribution >= 4 is 27.6 Å². The molecule has 0 atom stereocenters. The van der Waals surface area contributed by atoms with E-state index in [2.05, 4.69) is 47.1 Å². The monoisotopic (exact) mass is 493 g/mol. The maximum absolute atomic E-state index is 5.00. The molecule has 5 aromatic heterocycles. The van der Waals surface area contributed by atoms with Gasteiger partial charge in [-0.15, -0.1) is 0 Å². The molecule has 37 heavy (non-hydrogen) atoms. The Morgan fingerprint density at radius 2 is 1.59 bits per heavy atom. The summed E-state index contributed by atoms with van der Waals surface area (Å²) >= 11 is 0. The molecule has 9 nitrogen and oxygen atoms in total. The van der Waals surface area contributed by atoms with Crippen molar-refractivity contribution in [3.05, 3.63) is 48.7 Å². The van der Waals surface area contributed by atoms with Crippen LogP contribution in [0.3, 0.4) is 0 Å². The van der Waals surface area contributed by atoms with Crippen molar-refractivity contribution in [2.45, 2.75) is 45.1 Å². The lowest BCUT2D eigenvalue weighted by Gasteiger charge is -2.28. The van der Waals surface area contributed by atoms with Gasteiger partial charge in [0.1, 0.15) is 11.2 Å². The molecule has 0 amide bonds. The third-order valence-corrected chi connectivity index (χ3v) is 7.69. The average Bonchev–Trinajstić information content (AvgIpc) is 3.58. The molecule has 7 rings (SSSR count). The van der Waals surface area contributed by atoms with Gasteiger partial charge in [-0.05, 0) is 62.9 Å². The van der Waals surface area contributed by atoms with Crippen molar-refractivity contribution in [2.75, 3.05) is 31.1 Å². The highest BCUT2D eigenvalue weighted by Gasteiger charge is 2.20. The van der Waals surface area contributed by atoms with E-state index in [-0.39, 0.29) is 0 Å². The minimum Gasteiger partial charge on any atom is -0.368 e. The zero-order chi connectivity index (χ0) is 24.6. The first-order chi connectivity index (χ1) is 18.3. The maximum Gasteiger partial charge on any atom is 0.159 e. The number of piperidine rings is 2. The number of nitrogens with one attached hydrogen (secondary N) is 2. The highest BCUT2D eigenvalue weighted by atomic mass is 15.2. The van der Waals surface area contributed by atoms with Crippen molar-refractivity contribution in [1.82, 2.24) is 40.0 Å². The molecule has 2 aliphatic rings. The molecule has 9 heteroatoms. The summed E-state index contributed by atoms with van der Waals surface area (Å²) in [6, 6.07) is 4.31. The summed E-state index contributed by atoms with van der Waals surface area (Å²) in [5.41, 5.74) is 7.77. The van der Waals surface area contributed by atoms with Crippen LogP contribution in [0.1, 0.15) is 44.1 Å². The smallest absolute Gasteiger partial charge is 0.159 e. The van der Waals surface area contributed by atoms with Crippen molar-refractivity contribution in [2.24, 2.45) is 0 Å². The van der Waals surface area contributed by atoms with Crippen LogP contribution in [-0.4, -0.2) is 66.2 Å². The lowest BCUT2D eigenvalue weighted by Crippen LogP contribution is -2.29. The number of imidazole rings is 1. The summed E-state index contributed by atoms with van der Waals surface area (Å²) in [6.07, 6.45) is 17.1. The Morgan fingerprint density at radius 3 is 2.46 bits per heavy atom. The molecule has 0 unspecified atom stereocenters. The van der Waals surface area contributed by atoms with Gasteiger partial charge in [-0.2, -0.15) is 5.10 Å². The van der Waals surface area contributed by atoms with Crippen molar-refractivity contribution in [3.63, 3.8) is 0 Å². The lowest BCUT2D eigenvalue weighted by atomic mass is 10.1. The summed E-state index contributed by atoms with van der Waals surface area (Å²) in [5, 5.41) is 8.73. The predicted molar refractivity (Wildman–Crippen MR) is 145 cm³/mol. The Labute approximate surface area is 215 Å². The van der Waals surface area contributed by atoms with Crippen LogP contribution in [0.25, 0.3) is 44.7 Å². The number of hydrogen-bond acceptors (Lipinski definition) is 7. The first-order valence-corrected chi connectivity index (χ1v) is 13.4. The van der Waals surface area contributed by atoms with E-state index in [1.54, 1.807) is 0 Å².